The van der Waals surface area contributed by atoms with Gasteiger partial charge >= 0.3 is 0 Å². The molecule has 180 valence electrons. The highest BCUT2D eigenvalue weighted by Gasteiger charge is 2.21. The van der Waals surface area contributed by atoms with E-state index < -0.39 is 14.8 Å². The van der Waals surface area contributed by atoms with Crippen LogP contribution in [-0.2, 0) is 9.84 Å². The molecule has 0 bridgehead atoms. The number of anilines is 1. The minimum Gasteiger partial charge on any atom is -0.351 e. The highest BCUT2D eigenvalue weighted by molar-refractivity contribution is 7.91. The number of carbonyl (C=O) groups excluding carboxylic acids is 1. The second-order valence-electron chi connectivity index (χ2n) is 7.92. The zero-order valence-corrected chi connectivity index (χ0v) is 20.3. The number of carbonyl (C=O) groups is 1. The zero-order valence-electron chi connectivity index (χ0n) is 18.6. The van der Waals surface area contributed by atoms with Crippen molar-refractivity contribution in [3.8, 4) is 0 Å². The van der Waals surface area contributed by atoms with Crippen molar-refractivity contribution < 1.29 is 18.1 Å². The predicted molar refractivity (Wildman–Crippen MR) is 131 cm³/mol. The Bertz CT molecular complexity index is 1320. The van der Waals surface area contributed by atoms with E-state index in [1.807, 2.05) is 0 Å². The molecule has 0 saturated carbocycles. The quantitative estimate of drug-likeness (QED) is 0.367. The molecule has 10 nitrogen and oxygen atoms in total. The second kappa shape index (κ2) is 10.0. The van der Waals surface area contributed by atoms with E-state index in [2.05, 4.69) is 20.1 Å². The third-order valence-corrected chi connectivity index (χ3v) is 8.57. The summed E-state index contributed by atoms with van der Waals surface area (Å²) in [5, 5.41) is 14.7. The first-order chi connectivity index (χ1) is 16.3. The van der Waals surface area contributed by atoms with Crippen molar-refractivity contribution in [3.05, 3.63) is 58.1 Å². The molecule has 34 heavy (non-hydrogen) atoms. The number of sulfone groups is 1. The average Bonchev–Trinajstić information content (AvgIpc) is 3.28. The molecule has 1 aromatic heterocycles. The molecular weight excluding hydrogens is 478 g/mol. The van der Waals surface area contributed by atoms with Gasteiger partial charge in [0.1, 0.15) is 0 Å². The summed E-state index contributed by atoms with van der Waals surface area (Å²) in [5.41, 5.74) is 1.15. The number of non-ortho nitro benzene ring substituents is 1. The van der Waals surface area contributed by atoms with Gasteiger partial charge in [0.05, 0.1) is 25.8 Å². The largest absolute Gasteiger partial charge is 0.351 e. The van der Waals surface area contributed by atoms with Crippen LogP contribution in [0.3, 0.4) is 0 Å². The Kier molecular flexibility index (Phi) is 7.10. The van der Waals surface area contributed by atoms with Crippen LogP contribution < -0.4 is 10.2 Å². The number of nitro benzene ring substituents is 1. The van der Waals surface area contributed by atoms with Gasteiger partial charge in [-0.15, -0.1) is 0 Å². The number of nitro groups is 1. The van der Waals surface area contributed by atoms with Crippen LogP contribution in [0.1, 0.15) is 17.3 Å². The van der Waals surface area contributed by atoms with Gasteiger partial charge in [-0.25, -0.2) is 13.4 Å². The maximum atomic E-state index is 12.5. The Morgan fingerprint density at radius 3 is 2.65 bits per heavy atom. The van der Waals surface area contributed by atoms with Gasteiger partial charge in [-0.3, -0.25) is 19.8 Å². The molecule has 12 heteroatoms. The molecule has 0 atom stereocenters. The molecule has 0 radical (unpaired) electrons. The number of hydrogen-bond donors (Lipinski definition) is 1. The monoisotopic (exact) mass is 503 g/mol. The number of nitrogens with one attached hydrogen (secondary N) is 1. The van der Waals surface area contributed by atoms with Gasteiger partial charge < -0.3 is 10.2 Å². The number of piperazine rings is 1. The lowest BCUT2D eigenvalue weighted by molar-refractivity contribution is -0.384. The van der Waals surface area contributed by atoms with Crippen LogP contribution in [0.4, 0.5) is 10.8 Å². The van der Waals surface area contributed by atoms with E-state index in [-0.39, 0.29) is 22.2 Å². The number of nitrogens with zero attached hydrogens (tertiary/aromatic N) is 4. The lowest BCUT2D eigenvalue weighted by atomic mass is 10.2. The van der Waals surface area contributed by atoms with Crippen LogP contribution in [0.15, 0.2) is 47.4 Å². The van der Waals surface area contributed by atoms with Gasteiger partial charge in [-0.05, 0) is 24.3 Å². The number of fused-ring (bicyclic) bond motifs is 1. The van der Waals surface area contributed by atoms with Crippen molar-refractivity contribution in [2.24, 2.45) is 0 Å². The van der Waals surface area contributed by atoms with Crippen LogP contribution >= 0.6 is 11.3 Å². The standard InChI is InChI=1S/C22H25N5O5S2/c1-2-34(31,32)18-5-3-4-16(14-18)21(28)23-8-9-25-10-12-26(13-11-25)22-24-19-7-6-17(27(29)30)15-20(19)33-22/h3-7,14-15H,2,8-13H2,1H3,(H,23,28). The molecule has 0 unspecified atom stereocenters. The van der Waals surface area contributed by atoms with Crippen LogP contribution in [0.5, 0.6) is 0 Å². The number of hydrogen-bond acceptors (Lipinski definition) is 9. The summed E-state index contributed by atoms with van der Waals surface area (Å²) >= 11 is 1.45. The summed E-state index contributed by atoms with van der Waals surface area (Å²) in [4.78, 5) is 32.2. The minimum absolute atomic E-state index is 0.0129. The Balaban J connectivity index is 1.27. The van der Waals surface area contributed by atoms with E-state index in [0.29, 0.717) is 18.7 Å². The lowest BCUT2D eigenvalue weighted by Gasteiger charge is -2.34. The Labute approximate surface area is 201 Å². The van der Waals surface area contributed by atoms with E-state index in [1.165, 1.54) is 29.5 Å². The van der Waals surface area contributed by atoms with E-state index in [4.69, 9.17) is 0 Å². The van der Waals surface area contributed by atoms with Crippen molar-refractivity contribution in [2.45, 2.75) is 11.8 Å². The van der Waals surface area contributed by atoms with E-state index in [9.17, 15) is 23.3 Å². The first kappa shape index (κ1) is 24.0. The molecule has 0 spiro atoms. The average molecular weight is 504 g/mol. The third kappa shape index (κ3) is 5.34. The number of thiazole rings is 1. The van der Waals surface area contributed by atoms with Crippen LogP contribution in [0.2, 0.25) is 0 Å². The highest BCUT2D eigenvalue weighted by Crippen LogP contribution is 2.31. The Morgan fingerprint density at radius 1 is 1.18 bits per heavy atom. The van der Waals surface area contributed by atoms with Gasteiger partial charge in [0.2, 0.25) is 0 Å². The van der Waals surface area contributed by atoms with Crippen molar-refractivity contribution in [1.82, 2.24) is 15.2 Å². The summed E-state index contributed by atoms with van der Waals surface area (Å²) in [6.45, 7) is 5.85. The first-order valence-electron chi connectivity index (χ1n) is 10.9. The SMILES string of the molecule is CCS(=O)(=O)c1cccc(C(=O)NCCN2CCN(c3nc4ccc([N+](=O)[O-])cc4s3)CC2)c1. The highest BCUT2D eigenvalue weighted by atomic mass is 32.2. The summed E-state index contributed by atoms with van der Waals surface area (Å²) < 4.78 is 24.9. The number of rotatable bonds is 8. The van der Waals surface area contributed by atoms with Crippen LogP contribution in [-0.4, -0.2) is 74.2 Å². The van der Waals surface area contributed by atoms with Crippen molar-refractivity contribution in [3.63, 3.8) is 0 Å². The zero-order chi connectivity index (χ0) is 24.3. The van der Waals surface area contributed by atoms with Crippen molar-refractivity contribution >= 4 is 48.1 Å². The lowest BCUT2D eigenvalue weighted by Crippen LogP contribution is -2.48. The molecular formula is C22H25N5O5S2. The van der Waals surface area contributed by atoms with Gasteiger partial charge in [0.15, 0.2) is 15.0 Å². The van der Waals surface area contributed by atoms with Gasteiger partial charge in [-0.2, -0.15) is 0 Å². The summed E-state index contributed by atoms with van der Waals surface area (Å²) in [6, 6.07) is 10.8. The summed E-state index contributed by atoms with van der Waals surface area (Å²) in [5.74, 6) is -0.309. The topological polar surface area (TPSA) is 126 Å². The van der Waals surface area contributed by atoms with E-state index >= 15 is 0 Å². The summed E-state index contributed by atoms with van der Waals surface area (Å²) in [7, 11) is -3.36. The molecule has 1 aliphatic heterocycles. The second-order valence-corrected chi connectivity index (χ2v) is 11.2. The molecule has 3 aromatic rings. The molecule has 0 aliphatic carbocycles. The first-order valence-corrected chi connectivity index (χ1v) is 13.4. The molecule has 2 aromatic carbocycles. The predicted octanol–water partition coefficient (Wildman–Crippen LogP) is 2.55. The van der Waals surface area contributed by atoms with Crippen molar-refractivity contribution in [1.29, 1.82) is 0 Å². The van der Waals surface area contributed by atoms with Gasteiger partial charge in [-0.1, -0.05) is 24.3 Å². The molecule has 1 N–H and O–H groups in total. The van der Waals surface area contributed by atoms with Crippen molar-refractivity contribution in [2.75, 3.05) is 49.9 Å². The number of amides is 1. The third-order valence-electron chi connectivity index (χ3n) is 5.76. The fourth-order valence-electron chi connectivity index (χ4n) is 3.74. The number of aromatic nitrogens is 1. The Morgan fingerprint density at radius 2 is 1.94 bits per heavy atom. The molecule has 1 aliphatic rings. The fourth-order valence-corrected chi connectivity index (χ4v) is 5.72. The Hall–Kier alpha value is -3.09. The van der Waals surface area contributed by atoms with Gasteiger partial charge in [0.25, 0.3) is 11.6 Å². The normalized spacial score (nSPS) is 14.9. The fraction of sp³-hybridized carbons (Fsp3) is 0.364. The smallest absolute Gasteiger partial charge is 0.270 e. The summed E-state index contributed by atoms with van der Waals surface area (Å²) in [6.07, 6.45) is 0. The molecule has 4 rings (SSSR count). The van der Waals surface area contributed by atoms with Gasteiger partial charge in [0, 0.05) is 57.0 Å². The van der Waals surface area contributed by atoms with Crippen LogP contribution in [0, 0.1) is 10.1 Å². The van der Waals surface area contributed by atoms with E-state index in [0.717, 1.165) is 41.5 Å². The molecule has 1 amide bonds. The molecule has 1 fully saturated rings. The maximum Gasteiger partial charge on any atom is 0.270 e. The van der Waals surface area contributed by atoms with Crippen LogP contribution in [0.25, 0.3) is 10.2 Å². The molecule has 1 saturated heterocycles. The molecule has 2 heterocycles. The maximum absolute atomic E-state index is 12.5. The minimum atomic E-state index is -3.36. The number of benzene rings is 2. The van der Waals surface area contributed by atoms with E-state index in [1.54, 1.807) is 31.2 Å².